The summed E-state index contributed by atoms with van der Waals surface area (Å²) >= 11 is 0. The molecule has 0 radical (unpaired) electrons. The van der Waals surface area contributed by atoms with Crippen LogP contribution in [0.2, 0.25) is 0 Å². The van der Waals surface area contributed by atoms with E-state index in [4.69, 9.17) is 4.99 Å². The molecule has 1 fully saturated rings. The van der Waals surface area contributed by atoms with E-state index in [1.165, 1.54) is 11.1 Å². The molecule has 118 valence electrons. The number of benzene rings is 2. The van der Waals surface area contributed by atoms with E-state index in [1.54, 1.807) is 0 Å². The minimum Gasteiger partial charge on any atom is -0.369 e. The molecule has 2 heterocycles. The first-order valence-electron chi connectivity index (χ1n) is 8.08. The molecule has 2 aliphatic heterocycles. The molecule has 4 rings (SSSR count). The smallest absolute Gasteiger partial charge is 0.130 e. The first-order valence-corrected chi connectivity index (χ1v) is 8.08. The number of anilines is 2. The number of amidine groups is 1. The number of nitrogens with zero attached hydrogens (tertiary/aromatic N) is 2. The SMILES string of the molecule is Cc1cccc(CN=C2Nc3ccccc3NC23CN(C)C3)c1. The van der Waals surface area contributed by atoms with Crippen molar-refractivity contribution < 1.29 is 0 Å². The molecule has 0 amide bonds. The van der Waals surface area contributed by atoms with Gasteiger partial charge in [0.05, 0.1) is 17.9 Å². The van der Waals surface area contributed by atoms with E-state index < -0.39 is 0 Å². The van der Waals surface area contributed by atoms with Crippen LogP contribution in [-0.4, -0.2) is 36.4 Å². The Morgan fingerprint density at radius 2 is 1.87 bits per heavy atom. The fraction of sp³-hybridized carbons (Fsp3) is 0.316. The summed E-state index contributed by atoms with van der Waals surface area (Å²) in [6.45, 7) is 4.77. The van der Waals surface area contributed by atoms with E-state index in [2.05, 4.69) is 78.0 Å². The number of aryl methyl sites for hydroxylation is 1. The third-order valence-corrected chi connectivity index (χ3v) is 4.59. The number of fused-ring (bicyclic) bond motifs is 1. The Labute approximate surface area is 137 Å². The molecule has 4 heteroatoms. The lowest BCUT2D eigenvalue weighted by atomic mass is 9.86. The molecule has 0 bridgehead atoms. The van der Waals surface area contributed by atoms with Crippen molar-refractivity contribution in [2.24, 2.45) is 4.99 Å². The summed E-state index contributed by atoms with van der Waals surface area (Å²) in [6.07, 6.45) is 0. The first kappa shape index (κ1) is 14.3. The predicted molar refractivity (Wildman–Crippen MR) is 96.2 cm³/mol. The highest BCUT2D eigenvalue weighted by Gasteiger charge is 2.48. The Kier molecular flexibility index (Phi) is 3.34. The van der Waals surface area contributed by atoms with Crippen molar-refractivity contribution in [3.63, 3.8) is 0 Å². The fourth-order valence-electron chi connectivity index (χ4n) is 3.54. The lowest BCUT2D eigenvalue weighted by molar-refractivity contribution is 0.166. The molecule has 23 heavy (non-hydrogen) atoms. The third-order valence-electron chi connectivity index (χ3n) is 4.59. The van der Waals surface area contributed by atoms with E-state index in [0.29, 0.717) is 6.54 Å². The third kappa shape index (κ3) is 2.59. The second-order valence-electron chi connectivity index (χ2n) is 6.70. The second kappa shape index (κ2) is 5.39. The van der Waals surface area contributed by atoms with Gasteiger partial charge in [0.15, 0.2) is 0 Å². The van der Waals surface area contributed by atoms with Crippen LogP contribution in [0.15, 0.2) is 53.5 Å². The van der Waals surface area contributed by atoms with Gasteiger partial charge in [0.25, 0.3) is 0 Å². The van der Waals surface area contributed by atoms with Crippen molar-refractivity contribution >= 4 is 17.2 Å². The van der Waals surface area contributed by atoms with Crippen molar-refractivity contribution in [2.45, 2.75) is 19.0 Å². The Bertz CT molecular complexity index is 759. The van der Waals surface area contributed by atoms with Crippen LogP contribution in [0.25, 0.3) is 0 Å². The molecule has 4 nitrogen and oxygen atoms in total. The molecular weight excluding hydrogens is 284 g/mol. The number of likely N-dealkylation sites (tertiary alicyclic amines) is 1. The number of rotatable bonds is 2. The lowest BCUT2D eigenvalue weighted by Gasteiger charge is -2.52. The zero-order chi connectivity index (χ0) is 15.9. The van der Waals surface area contributed by atoms with Gasteiger partial charge in [-0.25, -0.2) is 0 Å². The second-order valence-corrected chi connectivity index (χ2v) is 6.70. The fourth-order valence-corrected chi connectivity index (χ4v) is 3.54. The summed E-state index contributed by atoms with van der Waals surface area (Å²) in [5.74, 6) is 1.05. The van der Waals surface area contributed by atoms with Crippen LogP contribution in [-0.2, 0) is 6.54 Å². The molecule has 0 atom stereocenters. The number of para-hydroxylation sites is 2. The quantitative estimate of drug-likeness (QED) is 0.895. The van der Waals surface area contributed by atoms with Gasteiger partial charge < -0.3 is 15.5 Å². The molecular formula is C19H22N4. The molecule has 2 aromatic carbocycles. The van der Waals surface area contributed by atoms with Gasteiger partial charge in [-0.15, -0.1) is 0 Å². The largest absolute Gasteiger partial charge is 0.369 e. The number of hydrogen-bond donors (Lipinski definition) is 2. The van der Waals surface area contributed by atoms with E-state index >= 15 is 0 Å². The zero-order valence-electron chi connectivity index (χ0n) is 13.6. The van der Waals surface area contributed by atoms with Crippen molar-refractivity contribution in [2.75, 3.05) is 30.8 Å². The van der Waals surface area contributed by atoms with Gasteiger partial charge in [0, 0.05) is 13.1 Å². The van der Waals surface area contributed by atoms with E-state index in [0.717, 1.165) is 30.3 Å². The van der Waals surface area contributed by atoms with Gasteiger partial charge in [-0.1, -0.05) is 42.0 Å². The van der Waals surface area contributed by atoms with Gasteiger partial charge >= 0.3 is 0 Å². The molecule has 0 aliphatic carbocycles. The summed E-state index contributed by atoms with van der Waals surface area (Å²) in [5.41, 5.74) is 4.72. The molecule has 0 unspecified atom stereocenters. The van der Waals surface area contributed by atoms with Crippen LogP contribution in [0.5, 0.6) is 0 Å². The number of nitrogens with one attached hydrogen (secondary N) is 2. The summed E-state index contributed by atoms with van der Waals surface area (Å²) in [4.78, 5) is 7.23. The first-order chi connectivity index (χ1) is 11.1. The maximum Gasteiger partial charge on any atom is 0.130 e. The van der Waals surface area contributed by atoms with E-state index in [-0.39, 0.29) is 5.54 Å². The van der Waals surface area contributed by atoms with E-state index in [9.17, 15) is 0 Å². The molecule has 1 saturated heterocycles. The number of likely N-dealkylation sites (N-methyl/N-ethyl adjacent to an activating group) is 1. The maximum atomic E-state index is 4.92. The molecule has 0 aromatic heterocycles. The Morgan fingerprint density at radius 3 is 2.61 bits per heavy atom. The zero-order valence-corrected chi connectivity index (χ0v) is 13.6. The lowest BCUT2D eigenvalue weighted by Crippen LogP contribution is -2.71. The summed E-state index contributed by atoms with van der Waals surface area (Å²) in [7, 11) is 2.14. The van der Waals surface area contributed by atoms with Gasteiger partial charge in [0.2, 0.25) is 0 Å². The van der Waals surface area contributed by atoms with Crippen molar-refractivity contribution in [1.82, 2.24) is 4.90 Å². The van der Waals surface area contributed by atoms with Crippen LogP contribution in [0.4, 0.5) is 11.4 Å². The van der Waals surface area contributed by atoms with Gasteiger partial charge in [-0.2, -0.15) is 0 Å². The van der Waals surface area contributed by atoms with Crippen LogP contribution in [0, 0.1) is 6.92 Å². The highest BCUT2D eigenvalue weighted by atomic mass is 15.3. The van der Waals surface area contributed by atoms with Crippen molar-refractivity contribution in [3.8, 4) is 0 Å². The minimum atomic E-state index is -0.0765. The van der Waals surface area contributed by atoms with Crippen LogP contribution < -0.4 is 10.6 Å². The highest BCUT2D eigenvalue weighted by molar-refractivity contribution is 6.10. The Hall–Kier alpha value is -2.33. The Balaban J connectivity index is 1.64. The average Bonchev–Trinajstić information content (AvgIpc) is 2.51. The molecule has 2 N–H and O–H groups in total. The van der Waals surface area contributed by atoms with Gasteiger partial charge in [-0.3, -0.25) is 4.99 Å². The topological polar surface area (TPSA) is 39.7 Å². The van der Waals surface area contributed by atoms with Gasteiger partial charge in [-0.05, 0) is 31.7 Å². The van der Waals surface area contributed by atoms with E-state index in [1.807, 2.05) is 0 Å². The average molecular weight is 306 g/mol. The van der Waals surface area contributed by atoms with Gasteiger partial charge in [0.1, 0.15) is 11.4 Å². The standard InChI is InChI=1S/C19H22N4/c1-14-6-5-7-15(10-14)11-20-18-19(12-23(2)13-19)22-17-9-4-3-8-16(17)21-18/h3-10,22H,11-13H2,1-2H3,(H,20,21). The van der Waals surface area contributed by atoms with Crippen LogP contribution >= 0.6 is 0 Å². The highest BCUT2D eigenvalue weighted by Crippen LogP contribution is 2.35. The minimum absolute atomic E-state index is 0.0765. The van der Waals surface area contributed by atoms with Crippen LogP contribution in [0.1, 0.15) is 11.1 Å². The number of aliphatic imine (C=N–C) groups is 1. The Morgan fingerprint density at radius 1 is 1.09 bits per heavy atom. The van der Waals surface area contributed by atoms with Crippen molar-refractivity contribution in [1.29, 1.82) is 0 Å². The summed E-state index contributed by atoms with van der Waals surface area (Å²) in [6, 6.07) is 16.9. The molecule has 0 saturated carbocycles. The number of hydrogen-bond acceptors (Lipinski definition) is 3. The maximum absolute atomic E-state index is 4.92. The molecule has 2 aromatic rings. The molecule has 1 spiro atoms. The predicted octanol–water partition coefficient (Wildman–Crippen LogP) is 3.12. The van der Waals surface area contributed by atoms with Crippen LogP contribution in [0.3, 0.4) is 0 Å². The monoisotopic (exact) mass is 306 g/mol. The molecule has 2 aliphatic rings. The van der Waals surface area contributed by atoms with Crippen molar-refractivity contribution in [3.05, 3.63) is 59.7 Å². The normalized spacial score (nSPS) is 20.5. The summed E-state index contributed by atoms with van der Waals surface area (Å²) in [5, 5.41) is 7.26. The summed E-state index contributed by atoms with van der Waals surface area (Å²) < 4.78 is 0.